The summed E-state index contributed by atoms with van der Waals surface area (Å²) in [6, 6.07) is 47.8. The molecule has 0 fully saturated rings. The van der Waals surface area contributed by atoms with Crippen molar-refractivity contribution in [3.05, 3.63) is 182 Å². The van der Waals surface area contributed by atoms with Crippen LogP contribution in [0.15, 0.2) is 182 Å². The molecule has 0 bridgehead atoms. The maximum atomic E-state index is 10.1. The lowest BCUT2D eigenvalue weighted by Gasteiger charge is -2.18. The van der Waals surface area contributed by atoms with E-state index in [0.717, 1.165) is 75.8 Å². The molecule has 230 valence electrons. The van der Waals surface area contributed by atoms with E-state index >= 15 is 0 Å². The minimum absolute atomic E-state index is 0.0358. The quantitative estimate of drug-likeness (QED) is 0.169. The minimum Gasteiger partial charge on any atom is -0.0622 e. The average molecular weight is 637 g/mol. The average Bonchev–Trinajstić information content (AvgIpc) is 3.23. The van der Waals surface area contributed by atoms with Gasteiger partial charge in [-0.15, -0.1) is 0 Å². The maximum Gasteiger partial charge on any atom is 0.0636 e. The SMILES string of the molecule is [2H]c1c([2H])c([2H])c(-c2ccc3ccc4cccc5ccc2c3c45)c(-c2cc(-c3ccccc3)c([2H])c(-c3ccc4ccc5cccc6ccc3c4c56)c2[2H])c1[2H]. The molecule has 0 saturated heterocycles. The van der Waals surface area contributed by atoms with E-state index in [1.165, 1.54) is 0 Å². The smallest absolute Gasteiger partial charge is 0.0622 e. The largest absolute Gasteiger partial charge is 0.0636 e. The van der Waals surface area contributed by atoms with Crippen molar-refractivity contribution in [2.24, 2.45) is 0 Å². The van der Waals surface area contributed by atoms with Crippen LogP contribution < -0.4 is 0 Å². The zero-order chi connectivity index (χ0) is 38.0. The summed E-state index contributed by atoms with van der Waals surface area (Å²) in [6.45, 7) is 0. The van der Waals surface area contributed by atoms with Gasteiger partial charge in [0.15, 0.2) is 0 Å². The highest BCUT2D eigenvalue weighted by molar-refractivity contribution is 6.27. The molecule has 0 aliphatic rings. The summed E-state index contributed by atoms with van der Waals surface area (Å²) in [6.07, 6.45) is 0. The first-order valence-corrected chi connectivity index (χ1v) is 16.9. The van der Waals surface area contributed by atoms with Crippen LogP contribution in [0, 0.1) is 0 Å². The Morgan fingerprint density at radius 3 is 1.40 bits per heavy atom. The van der Waals surface area contributed by atoms with Gasteiger partial charge in [-0.3, -0.25) is 0 Å². The van der Waals surface area contributed by atoms with E-state index in [1.54, 1.807) is 6.07 Å². The fraction of sp³-hybridized carbons (Fsp3) is 0. The van der Waals surface area contributed by atoms with Gasteiger partial charge in [0.05, 0.1) is 8.22 Å². The fourth-order valence-corrected chi connectivity index (χ4v) is 8.18. The molecule has 0 amide bonds. The first-order valence-electron chi connectivity index (χ1n) is 19.9. The van der Waals surface area contributed by atoms with Crippen molar-refractivity contribution in [3.63, 3.8) is 0 Å². The van der Waals surface area contributed by atoms with E-state index < -0.39 is 0 Å². The number of benzene rings is 11. The lowest BCUT2D eigenvalue weighted by Crippen LogP contribution is -1.92. The third-order valence-corrected chi connectivity index (χ3v) is 10.4. The zero-order valence-corrected chi connectivity index (χ0v) is 26.9. The van der Waals surface area contributed by atoms with Crippen LogP contribution in [0.5, 0.6) is 0 Å². The van der Waals surface area contributed by atoms with E-state index in [9.17, 15) is 5.48 Å². The third kappa shape index (κ3) is 4.00. The molecule has 11 rings (SSSR count). The van der Waals surface area contributed by atoms with Gasteiger partial charge in [-0.2, -0.15) is 0 Å². The van der Waals surface area contributed by atoms with Crippen LogP contribution in [-0.4, -0.2) is 0 Å². The first-order chi connectivity index (χ1) is 27.3. The third-order valence-electron chi connectivity index (χ3n) is 10.4. The maximum absolute atomic E-state index is 10.1. The van der Waals surface area contributed by atoms with E-state index in [2.05, 4.69) is 78.9 Å². The predicted octanol–water partition coefficient (Wildman–Crippen LogP) is 14.1. The van der Waals surface area contributed by atoms with Crippen molar-refractivity contribution in [2.45, 2.75) is 0 Å². The molecule has 0 saturated carbocycles. The zero-order valence-electron chi connectivity index (χ0n) is 32.9. The molecule has 0 aromatic heterocycles. The van der Waals surface area contributed by atoms with Gasteiger partial charge in [-0.05, 0) is 127 Å². The molecule has 50 heavy (non-hydrogen) atoms. The normalized spacial score (nSPS) is 13.7. The first kappa shape index (κ1) is 22.2. The van der Waals surface area contributed by atoms with Crippen LogP contribution in [0.4, 0.5) is 0 Å². The summed E-state index contributed by atoms with van der Waals surface area (Å²) in [5, 5.41) is 12.7. The van der Waals surface area contributed by atoms with Crippen molar-refractivity contribution < 1.29 is 8.22 Å². The van der Waals surface area contributed by atoms with Gasteiger partial charge in [0.2, 0.25) is 0 Å². The second-order valence-electron chi connectivity index (χ2n) is 13.2. The molecule has 0 nitrogen and oxygen atoms in total. The Morgan fingerprint density at radius 1 is 0.300 bits per heavy atom. The summed E-state index contributed by atoms with van der Waals surface area (Å²) < 4.78 is 56.7. The lowest BCUT2D eigenvalue weighted by atomic mass is 9.85. The van der Waals surface area contributed by atoms with Crippen LogP contribution in [0.1, 0.15) is 8.22 Å². The van der Waals surface area contributed by atoms with Gasteiger partial charge >= 0.3 is 0 Å². The molecule has 0 heteroatoms. The highest BCUT2D eigenvalue weighted by Gasteiger charge is 2.18. The molecular formula is C50H30. The fourth-order valence-electron chi connectivity index (χ4n) is 8.18. The molecule has 11 aromatic rings. The van der Waals surface area contributed by atoms with Gasteiger partial charge in [-0.25, -0.2) is 0 Å². The molecule has 0 spiro atoms. The van der Waals surface area contributed by atoms with E-state index in [-0.39, 0.29) is 41.8 Å². The summed E-state index contributed by atoms with van der Waals surface area (Å²) in [5.41, 5.74) is 4.08. The Kier molecular flexibility index (Phi) is 4.66. The molecule has 0 unspecified atom stereocenters. The van der Waals surface area contributed by atoms with Crippen LogP contribution in [0.2, 0.25) is 0 Å². The van der Waals surface area contributed by atoms with Crippen molar-refractivity contribution >= 4 is 64.6 Å². The molecular weight excluding hydrogens is 601 g/mol. The summed E-state index contributed by atoms with van der Waals surface area (Å²) >= 11 is 0. The Labute approximate surface area is 298 Å². The molecule has 0 heterocycles. The van der Waals surface area contributed by atoms with Gasteiger partial charge < -0.3 is 0 Å². The van der Waals surface area contributed by atoms with Crippen LogP contribution in [0.3, 0.4) is 0 Å². The molecule has 0 aliphatic carbocycles. The Balaban J connectivity index is 1.28. The van der Waals surface area contributed by atoms with E-state index in [4.69, 9.17) is 2.74 Å². The number of hydrogen-bond donors (Lipinski definition) is 0. The predicted molar refractivity (Wildman–Crippen MR) is 216 cm³/mol. The Morgan fingerprint density at radius 2 is 0.780 bits per heavy atom. The minimum atomic E-state index is -0.369. The van der Waals surface area contributed by atoms with Crippen molar-refractivity contribution in [3.8, 4) is 44.5 Å². The Hall–Kier alpha value is -6.50. The van der Waals surface area contributed by atoms with Crippen molar-refractivity contribution in [1.29, 1.82) is 0 Å². The summed E-state index contributed by atoms with van der Waals surface area (Å²) in [4.78, 5) is 0. The Bertz CT molecular complexity index is 3390. The highest BCUT2D eigenvalue weighted by Crippen LogP contribution is 2.45. The van der Waals surface area contributed by atoms with Gasteiger partial charge in [0, 0.05) is 0 Å². The topological polar surface area (TPSA) is 0 Å². The lowest BCUT2D eigenvalue weighted by molar-refractivity contribution is 1.57. The van der Waals surface area contributed by atoms with Crippen molar-refractivity contribution in [1.82, 2.24) is 0 Å². The molecule has 0 radical (unpaired) electrons. The molecule has 0 atom stereocenters. The van der Waals surface area contributed by atoms with Crippen LogP contribution >= 0.6 is 0 Å². The summed E-state index contributed by atoms with van der Waals surface area (Å²) in [5.74, 6) is 0. The standard InChI is InChI=1S/C50H30/c1-2-8-31(9-3-1)38-28-39(30-40(29-38)42-24-20-36-18-16-32-10-6-12-34-22-26-45(42)49(36)47(32)34)41-14-4-5-15-43(41)44-25-21-37-19-17-33-11-7-13-35-23-27-46(44)50(37)48(33)35/h1-30H/i4D,5D,14D,15D,29D,30D. The van der Waals surface area contributed by atoms with Gasteiger partial charge in [-0.1, -0.05) is 164 Å². The monoisotopic (exact) mass is 636 g/mol. The second kappa shape index (κ2) is 10.5. The molecule has 0 aliphatic heterocycles. The van der Waals surface area contributed by atoms with Gasteiger partial charge in [0.1, 0.15) is 0 Å². The molecule has 11 aromatic carbocycles. The van der Waals surface area contributed by atoms with Gasteiger partial charge in [0.25, 0.3) is 0 Å². The van der Waals surface area contributed by atoms with E-state index in [0.29, 0.717) is 27.8 Å². The van der Waals surface area contributed by atoms with Crippen LogP contribution in [-0.2, 0) is 0 Å². The van der Waals surface area contributed by atoms with Crippen LogP contribution in [0.25, 0.3) is 109 Å². The number of hydrogen-bond acceptors (Lipinski definition) is 0. The van der Waals surface area contributed by atoms with Crippen molar-refractivity contribution in [2.75, 3.05) is 0 Å². The summed E-state index contributed by atoms with van der Waals surface area (Å²) in [7, 11) is 0. The molecule has 0 N–H and O–H groups in total. The second-order valence-corrected chi connectivity index (χ2v) is 13.2. The highest BCUT2D eigenvalue weighted by atomic mass is 14.2. The number of rotatable bonds is 4. The van der Waals surface area contributed by atoms with E-state index in [1.807, 2.05) is 60.7 Å².